The first-order chi connectivity index (χ1) is 12.1. The third-order valence-corrected chi connectivity index (χ3v) is 5.54. The predicted molar refractivity (Wildman–Crippen MR) is 98.7 cm³/mol. The molecule has 0 saturated carbocycles. The monoisotopic (exact) mass is 341 g/mol. The Labute approximate surface area is 149 Å². The number of anilines is 1. The van der Waals surface area contributed by atoms with E-state index in [4.69, 9.17) is 9.47 Å². The van der Waals surface area contributed by atoms with Crippen molar-refractivity contribution >= 4 is 17.2 Å². The van der Waals surface area contributed by atoms with Crippen LogP contribution < -0.4 is 4.90 Å². The minimum absolute atomic E-state index is 0.165. The van der Waals surface area contributed by atoms with Crippen LogP contribution >= 0.6 is 0 Å². The molecule has 1 atom stereocenters. The van der Waals surface area contributed by atoms with E-state index in [0.717, 1.165) is 68.9 Å². The summed E-state index contributed by atoms with van der Waals surface area (Å²) < 4.78 is 11.0. The molecule has 0 spiro atoms. The molecule has 2 fully saturated rings. The molecule has 1 unspecified atom stereocenters. The van der Waals surface area contributed by atoms with Crippen molar-refractivity contribution in [3.63, 3.8) is 0 Å². The molecule has 1 aromatic carbocycles. The van der Waals surface area contributed by atoms with Gasteiger partial charge in [-0.25, -0.2) is 0 Å². The lowest BCUT2D eigenvalue weighted by Crippen LogP contribution is -2.33. The molecule has 4 rings (SSSR count). The molecule has 3 aliphatic heterocycles. The fourth-order valence-corrected chi connectivity index (χ4v) is 4.27. The Hall–Kier alpha value is -1.65. The lowest BCUT2D eigenvalue weighted by Gasteiger charge is -2.22. The maximum absolute atomic E-state index is 13.2. The Bertz CT molecular complexity index is 693. The molecule has 0 radical (unpaired) electrons. The second kappa shape index (κ2) is 6.93. The van der Waals surface area contributed by atoms with Crippen LogP contribution in [0, 0.1) is 5.92 Å². The van der Waals surface area contributed by atoms with Crippen molar-refractivity contribution in [2.45, 2.75) is 45.6 Å². The molecular weight excluding hydrogens is 314 g/mol. The van der Waals surface area contributed by atoms with Crippen LogP contribution in [0.15, 0.2) is 23.8 Å². The summed E-state index contributed by atoms with van der Waals surface area (Å²) in [6, 6.07) is 6.76. The van der Waals surface area contributed by atoms with Crippen molar-refractivity contribution in [1.29, 1.82) is 0 Å². The van der Waals surface area contributed by atoms with Crippen LogP contribution in [-0.2, 0) is 20.7 Å². The Morgan fingerprint density at radius 3 is 2.64 bits per heavy atom. The van der Waals surface area contributed by atoms with Crippen LogP contribution in [0.2, 0.25) is 0 Å². The number of amides is 1. The van der Waals surface area contributed by atoms with Gasteiger partial charge < -0.3 is 14.4 Å². The van der Waals surface area contributed by atoms with Crippen molar-refractivity contribution in [3.8, 4) is 0 Å². The highest BCUT2D eigenvalue weighted by molar-refractivity contribution is 6.33. The Morgan fingerprint density at radius 2 is 1.96 bits per heavy atom. The molecule has 0 bridgehead atoms. The molecule has 3 heterocycles. The lowest BCUT2D eigenvalue weighted by molar-refractivity contribution is -0.113. The highest BCUT2D eigenvalue weighted by Gasteiger charge is 2.36. The highest BCUT2D eigenvalue weighted by Crippen LogP contribution is 2.42. The van der Waals surface area contributed by atoms with E-state index in [1.54, 1.807) is 0 Å². The van der Waals surface area contributed by atoms with Crippen molar-refractivity contribution in [1.82, 2.24) is 0 Å². The van der Waals surface area contributed by atoms with Gasteiger partial charge in [-0.3, -0.25) is 4.79 Å². The van der Waals surface area contributed by atoms with Crippen molar-refractivity contribution in [2.75, 3.05) is 31.3 Å². The van der Waals surface area contributed by atoms with Gasteiger partial charge in [-0.15, -0.1) is 0 Å². The lowest BCUT2D eigenvalue weighted by atomic mass is 9.92. The molecule has 4 nitrogen and oxygen atoms in total. The third kappa shape index (κ3) is 3.13. The van der Waals surface area contributed by atoms with Crippen LogP contribution in [0.25, 0.3) is 5.57 Å². The minimum Gasteiger partial charge on any atom is -0.381 e. The molecule has 1 aromatic rings. The Morgan fingerprint density at radius 1 is 1.16 bits per heavy atom. The summed E-state index contributed by atoms with van der Waals surface area (Å²) in [5.41, 5.74) is 5.73. The van der Waals surface area contributed by atoms with Gasteiger partial charge in [0.25, 0.3) is 5.91 Å². The number of fused-ring (bicyclic) bond motifs is 1. The van der Waals surface area contributed by atoms with Crippen molar-refractivity contribution in [2.24, 2.45) is 5.92 Å². The first-order valence-electron chi connectivity index (χ1n) is 9.49. The van der Waals surface area contributed by atoms with E-state index in [2.05, 4.69) is 32.0 Å². The fourth-order valence-electron chi connectivity index (χ4n) is 4.27. The molecule has 3 aliphatic rings. The predicted octanol–water partition coefficient (Wildman–Crippen LogP) is 3.58. The first-order valence-corrected chi connectivity index (χ1v) is 9.49. The molecule has 25 heavy (non-hydrogen) atoms. The maximum Gasteiger partial charge on any atom is 0.259 e. The summed E-state index contributed by atoms with van der Waals surface area (Å²) in [5, 5.41) is 0. The largest absolute Gasteiger partial charge is 0.381 e. The van der Waals surface area contributed by atoms with E-state index in [1.165, 1.54) is 11.1 Å². The molecule has 134 valence electrons. The quantitative estimate of drug-likeness (QED) is 0.789. The topological polar surface area (TPSA) is 38.8 Å². The van der Waals surface area contributed by atoms with Gasteiger partial charge in [0.15, 0.2) is 0 Å². The van der Waals surface area contributed by atoms with Crippen LogP contribution in [0.1, 0.15) is 44.2 Å². The highest BCUT2D eigenvalue weighted by atomic mass is 16.5. The molecule has 2 saturated heterocycles. The van der Waals surface area contributed by atoms with E-state index in [9.17, 15) is 4.79 Å². The smallest absolute Gasteiger partial charge is 0.259 e. The van der Waals surface area contributed by atoms with E-state index in [-0.39, 0.29) is 11.9 Å². The van der Waals surface area contributed by atoms with Gasteiger partial charge in [-0.2, -0.15) is 0 Å². The summed E-state index contributed by atoms with van der Waals surface area (Å²) in [6.45, 7) is 7.36. The number of nitrogens with zero attached hydrogens (tertiary/aromatic N) is 1. The molecule has 0 aromatic heterocycles. The van der Waals surface area contributed by atoms with Gasteiger partial charge in [0.05, 0.1) is 18.9 Å². The fraction of sp³-hybridized carbons (Fsp3) is 0.571. The normalized spacial score (nSPS) is 23.7. The van der Waals surface area contributed by atoms with Crippen LogP contribution in [-0.4, -0.2) is 38.4 Å². The van der Waals surface area contributed by atoms with E-state index < -0.39 is 0 Å². The average molecular weight is 341 g/mol. The second-order valence-electron chi connectivity index (χ2n) is 7.65. The minimum atomic E-state index is 0.165. The summed E-state index contributed by atoms with van der Waals surface area (Å²) >= 11 is 0. The van der Waals surface area contributed by atoms with Crippen LogP contribution in [0.3, 0.4) is 0 Å². The number of carbonyl (C=O) groups excluding carboxylic acids is 1. The third-order valence-electron chi connectivity index (χ3n) is 5.54. The summed E-state index contributed by atoms with van der Waals surface area (Å²) in [7, 11) is 0. The van der Waals surface area contributed by atoms with Gasteiger partial charge in [0, 0.05) is 30.4 Å². The van der Waals surface area contributed by atoms with Gasteiger partial charge in [0.1, 0.15) is 0 Å². The van der Waals surface area contributed by atoms with Gasteiger partial charge in [-0.05, 0) is 63.1 Å². The summed E-state index contributed by atoms with van der Waals surface area (Å²) in [6.07, 6.45) is 3.91. The molecule has 0 N–H and O–H groups in total. The maximum atomic E-state index is 13.2. The van der Waals surface area contributed by atoms with Gasteiger partial charge in [-0.1, -0.05) is 11.6 Å². The number of hydrogen-bond donors (Lipinski definition) is 0. The average Bonchev–Trinajstić information content (AvgIpc) is 3.20. The van der Waals surface area contributed by atoms with Gasteiger partial charge >= 0.3 is 0 Å². The standard InChI is InChI=1S/C21H27NO3/c1-14(2)22-19-4-3-15(11-16-5-8-25-13-16)12-18(19)20(21(22)23)17-6-9-24-10-7-17/h3-4,12,14,16H,5-11,13H2,1-2H3. The van der Waals surface area contributed by atoms with E-state index >= 15 is 0 Å². The number of hydrogen-bond acceptors (Lipinski definition) is 3. The zero-order valence-electron chi connectivity index (χ0n) is 15.2. The summed E-state index contributed by atoms with van der Waals surface area (Å²) in [5.74, 6) is 0.777. The van der Waals surface area contributed by atoms with Crippen LogP contribution in [0.5, 0.6) is 0 Å². The molecule has 4 heteroatoms. The van der Waals surface area contributed by atoms with Crippen molar-refractivity contribution in [3.05, 3.63) is 34.9 Å². The van der Waals surface area contributed by atoms with E-state index in [1.807, 2.05) is 4.90 Å². The first kappa shape index (κ1) is 16.8. The Balaban J connectivity index is 1.74. The van der Waals surface area contributed by atoms with Crippen molar-refractivity contribution < 1.29 is 14.3 Å². The zero-order valence-corrected chi connectivity index (χ0v) is 15.2. The van der Waals surface area contributed by atoms with E-state index in [0.29, 0.717) is 5.92 Å². The van der Waals surface area contributed by atoms with Crippen LogP contribution in [0.4, 0.5) is 5.69 Å². The second-order valence-corrected chi connectivity index (χ2v) is 7.65. The SMILES string of the molecule is CC(C)N1C(=O)C(=C2CCOCC2)c2cc(CC3CCOC3)ccc21. The zero-order chi connectivity index (χ0) is 17.4. The number of rotatable bonds is 3. The molecule has 1 amide bonds. The van der Waals surface area contributed by atoms with Gasteiger partial charge in [0.2, 0.25) is 0 Å². The number of ether oxygens (including phenoxy) is 2. The summed E-state index contributed by atoms with van der Waals surface area (Å²) in [4.78, 5) is 15.1. The number of benzene rings is 1. The number of carbonyl (C=O) groups is 1. The Kier molecular flexibility index (Phi) is 4.65. The molecule has 0 aliphatic carbocycles. The molecular formula is C21H27NO3.